The van der Waals surface area contributed by atoms with E-state index < -0.39 is 41.9 Å². The van der Waals surface area contributed by atoms with Crippen molar-refractivity contribution in [3.8, 4) is 0 Å². The quantitative estimate of drug-likeness (QED) is 0.374. The zero-order valence-electron chi connectivity index (χ0n) is 15.4. The maximum absolute atomic E-state index is 12.6. The van der Waals surface area contributed by atoms with Crippen molar-refractivity contribution < 1.29 is 29.4 Å². The van der Waals surface area contributed by atoms with Crippen LogP contribution in [-0.4, -0.2) is 58.6 Å². The molecule has 28 heavy (non-hydrogen) atoms. The minimum atomic E-state index is -1.21. The monoisotopic (exact) mass is 391 g/mol. The fourth-order valence-electron chi connectivity index (χ4n) is 3.04. The normalized spacial score (nSPS) is 18.1. The summed E-state index contributed by atoms with van der Waals surface area (Å²) in [5.74, 6) is -3.42. The molecule has 2 rings (SSSR count). The highest BCUT2D eigenvalue weighted by atomic mass is 16.4. The number of benzene rings is 1. The van der Waals surface area contributed by atoms with Gasteiger partial charge in [-0.3, -0.25) is 14.4 Å². The lowest BCUT2D eigenvalue weighted by atomic mass is 10.0. The number of carboxylic acids is 2. The standard InChI is InChI=1S/C19H25N3O6/c23-16(24)9-8-14(21-17(25)13-7-4-10-20-13)18(26)22-15(19(27)28)11-12-5-2-1-3-6-12/h1-3,5-6,13-15,20H,4,7-11H2,(H,21,25)(H,22,26)(H,23,24)(H,27,28)/t13-,14-,15-/m0/s1. The van der Waals surface area contributed by atoms with E-state index in [0.717, 1.165) is 12.0 Å². The Labute approximate surface area is 162 Å². The fourth-order valence-corrected chi connectivity index (χ4v) is 3.04. The van der Waals surface area contributed by atoms with Crippen molar-refractivity contribution in [3.05, 3.63) is 35.9 Å². The molecule has 0 saturated carbocycles. The third-order valence-electron chi connectivity index (χ3n) is 4.55. The summed E-state index contributed by atoms with van der Waals surface area (Å²) in [6, 6.07) is 6.08. The van der Waals surface area contributed by atoms with Crippen molar-refractivity contribution in [2.24, 2.45) is 0 Å². The smallest absolute Gasteiger partial charge is 0.326 e. The van der Waals surface area contributed by atoms with Gasteiger partial charge < -0.3 is 26.2 Å². The number of carbonyl (C=O) groups excluding carboxylic acids is 2. The topological polar surface area (TPSA) is 145 Å². The second kappa shape index (κ2) is 10.4. The molecule has 0 bridgehead atoms. The van der Waals surface area contributed by atoms with Crippen molar-refractivity contribution in [1.82, 2.24) is 16.0 Å². The lowest BCUT2D eigenvalue weighted by Gasteiger charge is -2.22. The Balaban J connectivity index is 2.04. The average molecular weight is 391 g/mol. The lowest BCUT2D eigenvalue weighted by molar-refractivity contribution is -0.143. The lowest BCUT2D eigenvalue weighted by Crippen LogP contribution is -2.54. The van der Waals surface area contributed by atoms with E-state index in [9.17, 15) is 24.3 Å². The fraction of sp³-hybridized carbons (Fsp3) is 0.474. The van der Waals surface area contributed by atoms with Crippen LogP contribution < -0.4 is 16.0 Å². The van der Waals surface area contributed by atoms with Crippen LogP contribution in [0.5, 0.6) is 0 Å². The van der Waals surface area contributed by atoms with Gasteiger partial charge in [0.25, 0.3) is 0 Å². The van der Waals surface area contributed by atoms with Gasteiger partial charge in [0.2, 0.25) is 11.8 Å². The van der Waals surface area contributed by atoms with Gasteiger partial charge in [0.1, 0.15) is 12.1 Å². The van der Waals surface area contributed by atoms with E-state index in [2.05, 4.69) is 16.0 Å². The Kier molecular flexibility index (Phi) is 7.94. The molecule has 1 aromatic rings. The van der Waals surface area contributed by atoms with Crippen LogP contribution in [0.4, 0.5) is 0 Å². The van der Waals surface area contributed by atoms with Crippen LogP contribution in [0.3, 0.4) is 0 Å². The number of carbonyl (C=O) groups is 4. The van der Waals surface area contributed by atoms with Gasteiger partial charge >= 0.3 is 11.9 Å². The van der Waals surface area contributed by atoms with Gasteiger partial charge in [-0.2, -0.15) is 0 Å². The first kappa shape index (κ1) is 21.4. The molecule has 1 aliphatic rings. The van der Waals surface area contributed by atoms with Crippen LogP contribution in [0.25, 0.3) is 0 Å². The summed E-state index contributed by atoms with van der Waals surface area (Å²) in [7, 11) is 0. The van der Waals surface area contributed by atoms with Crippen LogP contribution in [0, 0.1) is 0 Å². The zero-order chi connectivity index (χ0) is 20.5. The Morgan fingerprint density at radius 2 is 1.79 bits per heavy atom. The van der Waals surface area contributed by atoms with Crippen LogP contribution in [0.2, 0.25) is 0 Å². The van der Waals surface area contributed by atoms with E-state index in [1.807, 2.05) is 0 Å². The van der Waals surface area contributed by atoms with Crippen molar-refractivity contribution in [2.45, 2.75) is 50.2 Å². The molecule has 152 valence electrons. The SMILES string of the molecule is O=C(O)CC[C@H](NC(=O)[C@@H]1CCCN1)C(=O)N[C@@H](Cc1ccccc1)C(=O)O. The highest BCUT2D eigenvalue weighted by molar-refractivity contribution is 5.92. The van der Waals surface area contributed by atoms with E-state index in [0.29, 0.717) is 13.0 Å². The molecule has 0 spiro atoms. The molecule has 0 aliphatic carbocycles. The first-order valence-electron chi connectivity index (χ1n) is 9.19. The molecule has 1 saturated heterocycles. The van der Waals surface area contributed by atoms with E-state index in [4.69, 9.17) is 5.11 Å². The van der Waals surface area contributed by atoms with Crippen LogP contribution >= 0.6 is 0 Å². The summed E-state index contributed by atoms with van der Waals surface area (Å²) in [5.41, 5.74) is 0.733. The van der Waals surface area contributed by atoms with Gasteiger partial charge in [0, 0.05) is 12.8 Å². The molecule has 9 nitrogen and oxygen atoms in total. The molecule has 0 aromatic heterocycles. The molecule has 1 aliphatic heterocycles. The molecule has 9 heteroatoms. The second-order valence-corrected chi connectivity index (χ2v) is 6.73. The predicted molar refractivity (Wildman–Crippen MR) is 99.5 cm³/mol. The number of carboxylic acid groups (broad SMARTS) is 2. The molecule has 1 aromatic carbocycles. The van der Waals surface area contributed by atoms with E-state index in [-0.39, 0.29) is 19.3 Å². The van der Waals surface area contributed by atoms with Gasteiger partial charge in [-0.25, -0.2) is 4.79 Å². The van der Waals surface area contributed by atoms with Gasteiger partial charge in [-0.15, -0.1) is 0 Å². The summed E-state index contributed by atoms with van der Waals surface area (Å²) >= 11 is 0. The first-order chi connectivity index (χ1) is 13.4. The second-order valence-electron chi connectivity index (χ2n) is 6.73. The third-order valence-corrected chi connectivity index (χ3v) is 4.55. The van der Waals surface area contributed by atoms with E-state index >= 15 is 0 Å². The molecule has 3 atom stereocenters. The summed E-state index contributed by atoms with van der Waals surface area (Å²) in [6.07, 6.45) is 1.09. The zero-order valence-corrected chi connectivity index (χ0v) is 15.4. The largest absolute Gasteiger partial charge is 0.481 e. The van der Waals surface area contributed by atoms with Crippen LogP contribution in [-0.2, 0) is 25.6 Å². The molecule has 1 heterocycles. The Morgan fingerprint density at radius 3 is 2.36 bits per heavy atom. The Bertz CT molecular complexity index is 703. The number of nitrogens with one attached hydrogen (secondary N) is 3. The van der Waals surface area contributed by atoms with Crippen LogP contribution in [0.15, 0.2) is 30.3 Å². The summed E-state index contributed by atoms with van der Waals surface area (Å²) in [4.78, 5) is 47.3. The van der Waals surface area contributed by atoms with Gasteiger partial charge in [0.15, 0.2) is 0 Å². The van der Waals surface area contributed by atoms with Gasteiger partial charge in [0.05, 0.1) is 6.04 Å². The van der Waals surface area contributed by atoms with Crippen molar-refractivity contribution in [1.29, 1.82) is 0 Å². The highest BCUT2D eigenvalue weighted by Crippen LogP contribution is 2.08. The molecule has 0 radical (unpaired) electrons. The van der Waals surface area contributed by atoms with E-state index in [1.54, 1.807) is 30.3 Å². The first-order valence-corrected chi connectivity index (χ1v) is 9.19. The van der Waals surface area contributed by atoms with Gasteiger partial charge in [-0.05, 0) is 31.4 Å². The highest BCUT2D eigenvalue weighted by Gasteiger charge is 2.30. The van der Waals surface area contributed by atoms with Crippen molar-refractivity contribution in [2.75, 3.05) is 6.54 Å². The number of amides is 2. The number of aliphatic carboxylic acids is 2. The summed E-state index contributed by atoms with van der Waals surface area (Å²) < 4.78 is 0. The van der Waals surface area contributed by atoms with Crippen molar-refractivity contribution in [3.63, 3.8) is 0 Å². The van der Waals surface area contributed by atoms with Crippen LogP contribution in [0.1, 0.15) is 31.2 Å². The van der Waals surface area contributed by atoms with Crippen molar-refractivity contribution >= 4 is 23.8 Å². The molecule has 0 unspecified atom stereocenters. The van der Waals surface area contributed by atoms with Gasteiger partial charge in [-0.1, -0.05) is 30.3 Å². The third kappa shape index (κ3) is 6.66. The summed E-state index contributed by atoms with van der Waals surface area (Å²) in [5, 5.41) is 26.3. The van der Waals surface area contributed by atoms with E-state index in [1.165, 1.54) is 0 Å². The minimum absolute atomic E-state index is 0.0751. The number of hydrogen-bond acceptors (Lipinski definition) is 5. The molecular weight excluding hydrogens is 366 g/mol. The number of hydrogen-bond donors (Lipinski definition) is 5. The molecular formula is C19H25N3O6. The Morgan fingerprint density at radius 1 is 1.07 bits per heavy atom. The Hall–Kier alpha value is -2.94. The number of rotatable bonds is 10. The molecule has 1 fully saturated rings. The minimum Gasteiger partial charge on any atom is -0.481 e. The maximum atomic E-state index is 12.6. The summed E-state index contributed by atoms with van der Waals surface area (Å²) in [6.45, 7) is 0.697. The molecule has 5 N–H and O–H groups in total. The molecule has 2 amide bonds. The maximum Gasteiger partial charge on any atom is 0.326 e. The average Bonchev–Trinajstić information content (AvgIpc) is 3.19. The predicted octanol–water partition coefficient (Wildman–Crippen LogP) is -0.0999.